The molecule has 2 aliphatic heterocycles. The molecule has 0 aromatic rings. The van der Waals surface area contributed by atoms with Crippen LogP contribution in [-0.2, 0) is 4.79 Å². The van der Waals surface area contributed by atoms with Crippen LogP contribution in [0, 0.1) is 5.92 Å². The molecule has 0 saturated carbocycles. The summed E-state index contributed by atoms with van der Waals surface area (Å²) < 4.78 is 0. The van der Waals surface area contributed by atoms with Crippen LogP contribution in [0.4, 0.5) is 0 Å². The zero-order valence-electron chi connectivity index (χ0n) is 6.36. The van der Waals surface area contributed by atoms with Crippen molar-refractivity contribution in [3.63, 3.8) is 0 Å². The van der Waals surface area contributed by atoms with Gasteiger partial charge in [-0.2, -0.15) is 5.10 Å². The van der Waals surface area contributed by atoms with Gasteiger partial charge < -0.3 is 5.32 Å². The van der Waals surface area contributed by atoms with E-state index in [0.29, 0.717) is 0 Å². The summed E-state index contributed by atoms with van der Waals surface area (Å²) in [6, 6.07) is 0. The van der Waals surface area contributed by atoms with Crippen molar-refractivity contribution < 1.29 is 4.79 Å². The van der Waals surface area contributed by atoms with Gasteiger partial charge in [0.1, 0.15) is 5.92 Å². The Morgan fingerprint density at radius 3 is 3.25 bits per heavy atom. The predicted octanol–water partition coefficient (Wildman–Crippen LogP) is -0.416. The van der Waals surface area contributed by atoms with Gasteiger partial charge in [-0.15, -0.1) is 0 Å². The third kappa shape index (κ3) is 0.972. The van der Waals surface area contributed by atoms with E-state index in [9.17, 15) is 4.79 Å². The molecule has 5 nitrogen and oxygen atoms in total. The largest absolute Gasteiger partial charge is 0.300 e. The number of fused-ring (bicyclic) bond motifs is 1. The standard InChI is InChI=1S/C6H7ClN4O/c1-11-4-3(2-8-11)5(12)10-6(7)9-4/h2-4H,1H3,(H,9,10,12). The highest BCUT2D eigenvalue weighted by molar-refractivity contribution is 6.66. The van der Waals surface area contributed by atoms with E-state index in [1.165, 1.54) is 0 Å². The lowest BCUT2D eigenvalue weighted by molar-refractivity contribution is -0.122. The number of amides is 1. The number of rotatable bonds is 0. The maximum absolute atomic E-state index is 11.2. The molecule has 1 amide bonds. The van der Waals surface area contributed by atoms with Crippen LogP contribution in [0.3, 0.4) is 0 Å². The monoisotopic (exact) mass is 186 g/mol. The molecule has 0 aliphatic carbocycles. The summed E-state index contributed by atoms with van der Waals surface area (Å²) >= 11 is 5.58. The Bertz CT molecular complexity index is 287. The molecule has 0 spiro atoms. The molecule has 2 atom stereocenters. The highest BCUT2D eigenvalue weighted by Crippen LogP contribution is 2.20. The van der Waals surface area contributed by atoms with E-state index in [-0.39, 0.29) is 23.3 Å². The first-order chi connectivity index (χ1) is 5.68. The number of aliphatic imine (C=N–C) groups is 1. The summed E-state index contributed by atoms with van der Waals surface area (Å²) in [5, 5.41) is 8.13. The van der Waals surface area contributed by atoms with E-state index in [2.05, 4.69) is 15.4 Å². The normalized spacial score (nSPS) is 33.0. The summed E-state index contributed by atoms with van der Waals surface area (Å²) in [6.45, 7) is 0. The second-order valence-electron chi connectivity index (χ2n) is 2.69. The van der Waals surface area contributed by atoms with Crippen molar-refractivity contribution in [1.82, 2.24) is 10.3 Å². The lowest BCUT2D eigenvalue weighted by Gasteiger charge is -2.23. The fourth-order valence-electron chi connectivity index (χ4n) is 1.26. The van der Waals surface area contributed by atoms with Crippen LogP contribution in [-0.4, -0.2) is 35.6 Å². The van der Waals surface area contributed by atoms with Gasteiger partial charge in [0.15, 0.2) is 11.5 Å². The number of hydrogen-bond acceptors (Lipinski definition) is 4. The molecule has 64 valence electrons. The summed E-state index contributed by atoms with van der Waals surface area (Å²) in [6.07, 6.45) is 1.32. The van der Waals surface area contributed by atoms with Crippen molar-refractivity contribution in [2.45, 2.75) is 6.17 Å². The second kappa shape index (κ2) is 2.45. The van der Waals surface area contributed by atoms with Crippen LogP contribution >= 0.6 is 11.6 Å². The smallest absolute Gasteiger partial charge is 0.238 e. The first kappa shape index (κ1) is 7.54. The fourth-order valence-corrected chi connectivity index (χ4v) is 1.45. The van der Waals surface area contributed by atoms with Crippen molar-refractivity contribution in [3.05, 3.63) is 0 Å². The van der Waals surface area contributed by atoms with Crippen molar-refractivity contribution in [3.8, 4) is 0 Å². The minimum absolute atomic E-state index is 0.138. The first-order valence-corrected chi connectivity index (χ1v) is 3.87. The number of amidine groups is 1. The molecule has 0 fully saturated rings. The Hall–Kier alpha value is -1.10. The SMILES string of the molecule is CN1N=CC2C(=O)NC(Cl)=NC21. The van der Waals surface area contributed by atoms with Gasteiger partial charge in [0.05, 0.1) is 0 Å². The molecule has 0 aromatic carbocycles. The Kier molecular flexibility index (Phi) is 1.54. The summed E-state index contributed by atoms with van der Waals surface area (Å²) in [4.78, 5) is 15.3. The van der Waals surface area contributed by atoms with E-state index in [4.69, 9.17) is 11.6 Å². The topological polar surface area (TPSA) is 57.1 Å². The van der Waals surface area contributed by atoms with Gasteiger partial charge in [-0.1, -0.05) is 0 Å². The van der Waals surface area contributed by atoms with Crippen molar-refractivity contribution >= 4 is 29.0 Å². The third-order valence-electron chi connectivity index (χ3n) is 1.89. The quantitative estimate of drug-likeness (QED) is 0.523. The number of hydrazone groups is 1. The lowest BCUT2D eigenvalue weighted by Crippen LogP contribution is -2.46. The van der Waals surface area contributed by atoms with Crippen LogP contribution in [0.2, 0.25) is 0 Å². The number of halogens is 1. The zero-order valence-corrected chi connectivity index (χ0v) is 7.12. The van der Waals surface area contributed by atoms with Crippen LogP contribution in [0.15, 0.2) is 10.1 Å². The average molecular weight is 187 g/mol. The minimum atomic E-state index is -0.294. The molecule has 2 aliphatic rings. The van der Waals surface area contributed by atoms with E-state index in [1.807, 2.05) is 0 Å². The van der Waals surface area contributed by atoms with Gasteiger partial charge >= 0.3 is 0 Å². The minimum Gasteiger partial charge on any atom is -0.300 e. The van der Waals surface area contributed by atoms with Crippen LogP contribution in [0.1, 0.15) is 0 Å². The van der Waals surface area contributed by atoms with E-state index in [0.717, 1.165) is 0 Å². The average Bonchev–Trinajstić information content (AvgIpc) is 2.33. The Morgan fingerprint density at radius 2 is 2.50 bits per heavy atom. The van der Waals surface area contributed by atoms with Crippen molar-refractivity contribution in [2.75, 3.05) is 7.05 Å². The number of nitrogens with zero attached hydrogens (tertiary/aromatic N) is 3. The van der Waals surface area contributed by atoms with Gasteiger partial charge in [0, 0.05) is 13.3 Å². The highest BCUT2D eigenvalue weighted by Gasteiger charge is 2.37. The molecule has 6 heteroatoms. The van der Waals surface area contributed by atoms with E-state index in [1.54, 1.807) is 18.3 Å². The third-order valence-corrected chi connectivity index (χ3v) is 2.08. The van der Waals surface area contributed by atoms with E-state index < -0.39 is 0 Å². The molecule has 1 N–H and O–H groups in total. The number of hydrogen-bond donors (Lipinski definition) is 1. The maximum atomic E-state index is 11.2. The van der Waals surface area contributed by atoms with Crippen LogP contribution in [0.5, 0.6) is 0 Å². The Labute approximate surface area is 74.1 Å². The summed E-state index contributed by atoms with van der Waals surface area (Å²) in [5.74, 6) is -0.439. The van der Waals surface area contributed by atoms with Gasteiger partial charge in [0.25, 0.3) is 0 Å². The molecule has 0 radical (unpaired) electrons. The maximum Gasteiger partial charge on any atom is 0.238 e. The fraction of sp³-hybridized carbons (Fsp3) is 0.500. The molecule has 0 bridgehead atoms. The van der Waals surface area contributed by atoms with Crippen LogP contribution < -0.4 is 5.32 Å². The molecule has 0 aromatic heterocycles. The number of carbonyl (C=O) groups excluding carboxylic acids is 1. The lowest BCUT2D eigenvalue weighted by atomic mass is 10.1. The van der Waals surface area contributed by atoms with Gasteiger partial charge in [-0.25, -0.2) is 4.99 Å². The molecular weight excluding hydrogens is 180 g/mol. The molecule has 2 unspecified atom stereocenters. The molecule has 2 rings (SSSR count). The van der Waals surface area contributed by atoms with Gasteiger partial charge in [-0.3, -0.25) is 9.80 Å². The van der Waals surface area contributed by atoms with Gasteiger partial charge in [0.2, 0.25) is 5.91 Å². The van der Waals surface area contributed by atoms with Crippen LogP contribution in [0.25, 0.3) is 0 Å². The molecule has 2 heterocycles. The zero-order chi connectivity index (χ0) is 8.72. The van der Waals surface area contributed by atoms with Crippen molar-refractivity contribution in [2.24, 2.45) is 16.0 Å². The molecular formula is C6H7ClN4O. The Morgan fingerprint density at radius 1 is 1.75 bits per heavy atom. The molecule has 0 saturated heterocycles. The Balaban J connectivity index is 2.32. The summed E-state index contributed by atoms with van der Waals surface area (Å²) in [5.41, 5.74) is 0. The second-order valence-corrected chi connectivity index (χ2v) is 3.04. The number of carbonyl (C=O) groups is 1. The first-order valence-electron chi connectivity index (χ1n) is 3.49. The predicted molar refractivity (Wildman–Crippen MR) is 45.0 cm³/mol. The summed E-state index contributed by atoms with van der Waals surface area (Å²) in [7, 11) is 1.76. The van der Waals surface area contributed by atoms with E-state index >= 15 is 0 Å². The molecule has 12 heavy (non-hydrogen) atoms. The van der Waals surface area contributed by atoms with Gasteiger partial charge in [-0.05, 0) is 11.6 Å². The van der Waals surface area contributed by atoms with Crippen molar-refractivity contribution in [1.29, 1.82) is 0 Å². The number of nitrogens with one attached hydrogen (secondary N) is 1. The highest BCUT2D eigenvalue weighted by atomic mass is 35.5.